The largest absolute Gasteiger partial charge is 0.383 e. The van der Waals surface area contributed by atoms with Gasteiger partial charge in [0.2, 0.25) is 0 Å². The van der Waals surface area contributed by atoms with E-state index >= 15 is 0 Å². The lowest BCUT2D eigenvalue weighted by molar-refractivity contribution is 0.633. The van der Waals surface area contributed by atoms with Crippen molar-refractivity contribution in [1.29, 1.82) is 0 Å². The van der Waals surface area contributed by atoms with E-state index < -0.39 is 0 Å². The van der Waals surface area contributed by atoms with Crippen LogP contribution in [0.1, 0.15) is 42.7 Å². The summed E-state index contributed by atoms with van der Waals surface area (Å²) in [5.41, 5.74) is 11.1. The molecular weight excluding hydrogens is 296 g/mol. The average molecular weight is 313 g/mol. The molecule has 1 unspecified atom stereocenters. The van der Waals surface area contributed by atoms with Crippen molar-refractivity contribution in [1.82, 2.24) is 9.97 Å². The molecule has 22 heavy (non-hydrogen) atoms. The van der Waals surface area contributed by atoms with E-state index in [0.717, 1.165) is 29.2 Å². The summed E-state index contributed by atoms with van der Waals surface area (Å²) in [5.74, 6) is 1.52. The van der Waals surface area contributed by atoms with Gasteiger partial charge in [0.15, 0.2) is 0 Å². The van der Waals surface area contributed by atoms with Gasteiger partial charge in [-0.05, 0) is 49.0 Å². The topological polar surface area (TPSA) is 63.8 Å². The molecule has 1 aliphatic carbocycles. The molecule has 2 aromatic rings. The maximum Gasteiger partial charge on any atom is 0.139 e. The van der Waals surface area contributed by atoms with Gasteiger partial charge in [-0.15, -0.1) is 0 Å². The van der Waals surface area contributed by atoms with Gasteiger partial charge in [0.1, 0.15) is 18.0 Å². The van der Waals surface area contributed by atoms with Crippen LogP contribution in [0.4, 0.5) is 11.6 Å². The maximum atomic E-state index is 6.18. The van der Waals surface area contributed by atoms with Gasteiger partial charge >= 0.3 is 0 Å². The quantitative estimate of drug-likeness (QED) is 0.832. The van der Waals surface area contributed by atoms with Crippen LogP contribution < -0.4 is 11.1 Å². The number of nitrogens with zero attached hydrogens (tertiary/aromatic N) is 2. The summed E-state index contributed by atoms with van der Waals surface area (Å²) in [5, 5.41) is 4.22. The van der Waals surface area contributed by atoms with Crippen LogP contribution in [0.15, 0.2) is 41.9 Å². The van der Waals surface area contributed by atoms with Gasteiger partial charge in [-0.3, -0.25) is 0 Å². The first-order valence-corrected chi connectivity index (χ1v) is 7.96. The van der Waals surface area contributed by atoms with E-state index in [9.17, 15) is 0 Å². The van der Waals surface area contributed by atoms with Crippen molar-refractivity contribution >= 4 is 23.2 Å². The molecular formula is C17H17ClN4. The van der Waals surface area contributed by atoms with E-state index in [1.54, 1.807) is 0 Å². The van der Waals surface area contributed by atoms with Crippen molar-refractivity contribution in [2.45, 2.75) is 31.6 Å². The lowest BCUT2D eigenvalue weighted by atomic mass is 9.77. The molecule has 2 aliphatic rings. The predicted octanol–water partition coefficient (Wildman–Crippen LogP) is 4.10. The van der Waals surface area contributed by atoms with Gasteiger partial charge < -0.3 is 11.1 Å². The first-order valence-electron chi connectivity index (χ1n) is 7.59. The summed E-state index contributed by atoms with van der Waals surface area (Å²) in [4.78, 5) is 8.60. The van der Waals surface area contributed by atoms with Crippen LogP contribution in [0.5, 0.6) is 0 Å². The molecule has 2 heterocycles. The molecule has 3 N–H and O–H groups in total. The van der Waals surface area contributed by atoms with Crippen molar-refractivity contribution in [3.05, 3.63) is 58.0 Å². The number of hydrogen-bond donors (Lipinski definition) is 2. The molecule has 1 aliphatic heterocycles. The zero-order valence-corrected chi connectivity index (χ0v) is 12.9. The predicted molar refractivity (Wildman–Crippen MR) is 88.9 cm³/mol. The molecule has 4 rings (SSSR count). The number of hydrogen-bond acceptors (Lipinski definition) is 4. The number of nitrogen functional groups attached to an aromatic ring is 1. The normalized spacial score (nSPS) is 20.1. The molecule has 1 aromatic carbocycles. The highest BCUT2D eigenvalue weighted by Gasteiger charge is 2.33. The summed E-state index contributed by atoms with van der Waals surface area (Å²) >= 11 is 6.05. The minimum Gasteiger partial charge on any atom is -0.383 e. The molecule has 0 saturated heterocycles. The fourth-order valence-corrected chi connectivity index (χ4v) is 3.65. The van der Waals surface area contributed by atoms with Crippen LogP contribution in [0, 0.1) is 0 Å². The Morgan fingerprint density at radius 1 is 1.09 bits per heavy atom. The van der Waals surface area contributed by atoms with E-state index in [-0.39, 0.29) is 5.92 Å². The van der Waals surface area contributed by atoms with Gasteiger partial charge in [0, 0.05) is 22.2 Å². The number of rotatable bonds is 1. The van der Waals surface area contributed by atoms with Gasteiger partial charge in [-0.1, -0.05) is 23.7 Å². The molecule has 1 aromatic heterocycles. The highest BCUT2D eigenvalue weighted by atomic mass is 35.5. The fourth-order valence-electron chi connectivity index (χ4n) is 3.52. The Balaban J connectivity index is 1.92. The second-order valence-corrected chi connectivity index (χ2v) is 6.28. The summed E-state index contributed by atoms with van der Waals surface area (Å²) in [6.07, 6.45) is 6.11. The fraction of sp³-hybridized carbons (Fsp3) is 0.294. The molecule has 1 atom stereocenters. The minimum absolute atomic E-state index is 0.130. The van der Waals surface area contributed by atoms with Crippen molar-refractivity contribution in [3.8, 4) is 0 Å². The summed E-state index contributed by atoms with van der Waals surface area (Å²) in [6, 6.07) is 8.02. The molecule has 0 saturated carbocycles. The maximum absolute atomic E-state index is 6.18. The summed E-state index contributed by atoms with van der Waals surface area (Å²) < 4.78 is 0. The monoisotopic (exact) mass is 312 g/mol. The lowest BCUT2D eigenvalue weighted by Crippen LogP contribution is -2.23. The first-order chi connectivity index (χ1) is 10.7. The zero-order valence-electron chi connectivity index (χ0n) is 12.1. The number of anilines is 2. The number of aromatic nitrogens is 2. The first kappa shape index (κ1) is 13.6. The molecule has 4 nitrogen and oxygen atoms in total. The van der Waals surface area contributed by atoms with Crippen molar-refractivity contribution in [2.24, 2.45) is 0 Å². The van der Waals surface area contributed by atoms with E-state index in [1.807, 2.05) is 12.1 Å². The van der Waals surface area contributed by atoms with E-state index in [1.165, 1.54) is 36.0 Å². The Morgan fingerprint density at radius 3 is 2.68 bits per heavy atom. The Labute approximate surface area is 134 Å². The zero-order chi connectivity index (χ0) is 15.1. The number of fused-ring (bicyclic) bond motifs is 1. The summed E-state index contributed by atoms with van der Waals surface area (Å²) in [7, 11) is 0. The number of nitrogens with one attached hydrogen (secondary N) is 1. The smallest absolute Gasteiger partial charge is 0.139 e. The molecule has 0 radical (unpaired) electrons. The van der Waals surface area contributed by atoms with E-state index in [4.69, 9.17) is 17.3 Å². The third-order valence-electron chi connectivity index (χ3n) is 4.54. The SMILES string of the molecule is Nc1ncnc2c1C(c1ccc(Cl)cc1)C1=C(CCCC1)N2. The number of nitrogens with two attached hydrogens (primary N) is 1. The van der Waals surface area contributed by atoms with Crippen LogP contribution >= 0.6 is 11.6 Å². The Kier molecular flexibility index (Phi) is 3.26. The standard InChI is InChI=1S/C17H17ClN4/c18-11-7-5-10(6-8-11)14-12-3-1-2-4-13(12)22-17-15(14)16(19)20-9-21-17/h5-9,14H,1-4H2,(H3,19,20,21,22). The molecule has 5 heteroatoms. The minimum atomic E-state index is 0.130. The molecule has 0 spiro atoms. The second kappa shape index (κ2) is 5.29. The highest BCUT2D eigenvalue weighted by molar-refractivity contribution is 6.30. The van der Waals surface area contributed by atoms with Gasteiger partial charge in [-0.25, -0.2) is 9.97 Å². The van der Waals surface area contributed by atoms with Crippen molar-refractivity contribution in [3.63, 3.8) is 0 Å². The van der Waals surface area contributed by atoms with Gasteiger partial charge in [0.05, 0.1) is 0 Å². The van der Waals surface area contributed by atoms with Crippen LogP contribution in [0.2, 0.25) is 5.02 Å². The van der Waals surface area contributed by atoms with Gasteiger partial charge in [-0.2, -0.15) is 0 Å². The van der Waals surface area contributed by atoms with Crippen molar-refractivity contribution < 1.29 is 0 Å². The third kappa shape index (κ3) is 2.15. The highest BCUT2D eigenvalue weighted by Crippen LogP contribution is 2.47. The van der Waals surface area contributed by atoms with Crippen LogP contribution in [0.25, 0.3) is 0 Å². The van der Waals surface area contributed by atoms with Crippen LogP contribution in [-0.2, 0) is 0 Å². The van der Waals surface area contributed by atoms with Crippen LogP contribution in [0.3, 0.4) is 0 Å². The Hall–Kier alpha value is -2.07. The Bertz CT molecular complexity index is 752. The number of benzene rings is 1. The Morgan fingerprint density at radius 2 is 1.86 bits per heavy atom. The molecule has 0 fully saturated rings. The van der Waals surface area contributed by atoms with E-state index in [2.05, 4.69) is 27.4 Å². The van der Waals surface area contributed by atoms with Gasteiger partial charge in [0.25, 0.3) is 0 Å². The average Bonchev–Trinajstić information content (AvgIpc) is 2.54. The second-order valence-electron chi connectivity index (χ2n) is 5.84. The number of allylic oxidation sites excluding steroid dienone is 2. The summed E-state index contributed by atoms with van der Waals surface area (Å²) in [6.45, 7) is 0. The molecule has 0 amide bonds. The number of halogens is 1. The van der Waals surface area contributed by atoms with Crippen LogP contribution in [-0.4, -0.2) is 9.97 Å². The molecule has 0 bridgehead atoms. The lowest BCUT2D eigenvalue weighted by Gasteiger charge is -2.34. The third-order valence-corrected chi connectivity index (χ3v) is 4.79. The molecule has 112 valence electrons. The van der Waals surface area contributed by atoms with E-state index in [0.29, 0.717) is 5.82 Å². The van der Waals surface area contributed by atoms with Crippen molar-refractivity contribution in [2.75, 3.05) is 11.1 Å².